The van der Waals surface area contributed by atoms with E-state index < -0.39 is 10.0 Å². The van der Waals surface area contributed by atoms with Crippen molar-refractivity contribution in [3.8, 4) is 0 Å². The predicted molar refractivity (Wildman–Crippen MR) is 103 cm³/mol. The van der Waals surface area contributed by atoms with Crippen molar-refractivity contribution in [2.75, 3.05) is 4.72 Å². The van der Waals surface area contributed by atoms with Gasteiger partial charge in [0.15, 0.2) is 0 Å². The molecule has 1 heterocycles. The van der Waals surface area contributed by atoms with E-state index in [2.05, 4.69) is 4.72 Å². The first-order valence-electron chi connectivity index (χ1n) is 8.34. The molecule has 0 saturated heterocycles. The maximum atomic E-state index is 12.5. The fourth-order valence-electron chi connectivity index (χ4n) is 2.58. The summed E-state index contributed by atoms with van der Waals surface area (Å²) in [5.74, 6) is 0. The molecule has 1 aromatic heterocycles. The van der Waals surface area contributed by atoms with Crippen LogP contribution in [0.3, 0.4) is 0 Å². The normalized spacial score (nSPS) is 11.3. The molecule has 6 heteroatoms. The molecule has 0 radical (unpaired) electrons. The number of hydrogen-bond donors (Lipinski definition) is 1. The molecule has 0 saturated carbocycles. The predicted octanol–water partition coefficient (Wildman–Crippen LogP) is 3.26. The summed E-state index contributed by atoms with van der Waals surface area (Å²) in [7, 11) is -3.62. The van der Waals surface area contributed by atoms with E-state index in [-0.39, 0.29) is 10.5 Å². The van der Waals surface area contributed by atoms with Gasteiger partial charge >= 0.3 is 0 Å². The Labute approximate surface area is 153 Å². The standard InChI is InChI=1S/C20H20N2O3S/c1-2-16-8-12-19(13-9-16)26(24,25)21-18-10-6-17(7-11-18)15-22-14-4-3-5-20(22)23/h3-14,21H,2,15H2,1H3. The van der Waals surface area contributed by atoms with Gasteiger partial charge in [0, 0.05) is 18.0 Å². The monoisotopic (exact) mass is 368 g/mol. The van der Waals surface area contributed by atoms with Gasteiger partial charge < -0.3 is 4.57 Å². The summed E-state index contributed by atoms with van der Waals surface area (Å²) in [6.45, 7) is 2.46. The molecular formula is C20H20N2O3S. The highest BCUT2D eigenvalue weighted by Crippen LogP contribution is 2.17. The minimum absolute atomic E-state index is 0.0761. The van der Waals surface area contributed by atoms with Gasteiger partial charge in [0.2, 0.25) is 0 Å². The van der Waals surface area contributed by atoms with Crippen molar-refractivity contribution in [1.82, 2.24) is 4.57 Å². The summed E-state index contributed by atoms with van der Waals surface area (Å²) in [4.78, 5) is 12.0. The molecule has 1 N–H and O–H groups in total. The topological polar surface area (TPSA) is 68.2 Å². The van der Waals surface area contributed by atoms with Crippen molar-refractivity contribution >= 4 is 15.7 Å². The second-order valence-corrected chi connectivity index (χ2v) is 7.65. The first kappa shape index (κ1) is 17.9. The first-order valence-corrected chi connectivity index (χ1v) is 9.82. The fraction of sp³-hybridized carbons (Fsp3) is 0.150. The molecule has 0 aliphatic rings. The largest absolute Gasteiger partial charge is 0.311 e. The SMILES string of the molecule is CCc1ccc(S(=O)(=O)Nc2ccc(Cn3ccccc3=O)cc2)cc1. The summed E-state index contributed by atoms with van der Waals surface area (Å²) in [6.07, 6.45) is 2.58. The van der Waals surface area contributed by atoms with Crippen LogP contribution in [0.1, 0.15) is 18.1 Å². The van der Waals surface area contributed by atoms with Crippen LogP contribution in [-0.2, 0) is 23.0 Å². The number of benzene rings is 2. The maximum absolute atomic E-state index is 12.5. The van der Waals surface area contributed by atoms with Gasteiger partial charge in [-0.3, -0.25) is 9.52 Å². The summed E-state index contributed by atoms with van der Waals surface area (Å²) in [5.41, 5.74) is 2.40. The zero-order valence-electron chi connectivity index (χ0n) is 14.4. The van der Waals surface area contributed by atoms with Gasteiger partial charge in [-0.1, -0.05) is 37.3 Å². The molecule has 0 unspecified atom stereocenters. The Morgan fingerprint density at radius 1 is 0.885 bits per heavy atom. The van der Waals surface area contributed by atoms with E-state index in [0.29, 0.717) is 12.2 Å². The smallest absolute Gasteiger partial charge is 0.261 e. The number of hydrogen-bond acceptors (Lipinski definition) is 3. The summed E-state index contributed by atoms with van der Waals surface area (Å²) in [6, 6.07) is 18.8. The Bertz CT molecular complexity index is 1040. The number of rotatable bonds is 6. The van der Waals surface area contributed by atoms with Crippen LogP contribution in [0.25, 0.3) is 0 Å². The van der Waals surface area contributed by atoms with E-state index in [1.165, 1.54) is 6.07 Å². The Morgan fingerprint density at radius 2 is 1.54 bits per heavy atom. The highest BCUT2D eigenvalue weighted by atomic mass is 32.2. The Balaban J connectivity index is 1.74. The molecule has 3 aromatic rings. The average molecular weight is 368 g/mol. The number of nitrogens with zero attached hydrogens (tertiary/aromatic N) is 1. The van der Waals surface area contributed by atoms with Crippen LogP contribution in [-0.4, -0.2) is 13.0 Å². The third kappa shape index (κ3) is 4.21. The van der Waals surface area contributed by atoms with E-state index >= 15 is 0 Å². The van der Waals surface area contributed by atoms with E-state index in [0.717, 1.165) is 17.5 Å². The number of sulfonamides is 1. The summed E-state index contributed by atoms with van der Waals surface area (Å²) >= 11 is 0. The lowest BCUT2D eigenvalue weighted by atomic mass is 10.2. The van der Waals surface area contributed by atoms with Crippen LogP contribution in [0.15, 0.2) is 82.6 Å². The van der Waals surface area contributed by atoms with E-state index in [9.17, 15) is 13.2 Å². The highest BCUT2D eigenvalue weighted by Gasteiger charge is 2.13. The molecule has 2 aromatic carbocycles. The van der Waals surface area contributed by atoms with Crippen LogP contribution in [0, 0.1) is 0 Å². The molecular weight excluding hydrogens is 348 g/mol. The summed E-state index contributed by atoms with van der Waals surface area (Å²) in [5, 5.41) is 0. The molecule has 0 bridgehead atoms. The Morgan fingerprint density at radius 3 is 2.15 bits per heavy atom. The quantitative estimate of drug-likeness (QED) is 0.726. The lowest BCUT2D eigenvalue weighted by Gasteiger charge is -2.10. The average Bonchev–Trinajstić information content (AvgIpc) is 2.65. The molecule has 5 nitrogen and oxygen atoms in total. The van der Waals surface area contributed by atoms with Crippen molar-refractivity contribution in [3.05, 3.63) is 94.4 Å². The highest BCUT2D eigenvalue weighted by molar-refractivity contribution is 7.92. The third-order valence-electron chi connectivity index (χ3n) is 4.10. The molecule has 0 spiro atoms. The molecule has 0 fully saturated rings. The van der Waals surface area contributed by atoms with Gasteiger partial charge in [-0.25, -0.2) is 8.42 Å². The van der Waals surface area contributed by atoms with Gasteiger partial charge in [0.25, 0.3) is 15.6 Å². The van der Waals surface area contributed by atoms with Crippen LogP contribution in [0.4, 0.5) is 5.69 Å². The second kappa shape index (κ2) is 7.58. The zero-order valence-corrected chi connectivity index (χ0v) is 15.2. The van der Waals surface area contributed by atoms with Crippen molar-refractivity contribution in [1.29, 1.82) is 0 Å². The van der Waals surface area contributed by atoms with Gasteiger partial charge in [0.1, 0.15) is 0 Å². The van der Waals surface area contributed by atoms with Crippen molar-refractivity contribution in [2.24, 2.45) is 0 Å². The first-order chi connectivity index (χ1) is 12.5. The molecule has 3 rings (SSSR count). The number of pyridine rings is 1. The number of nitrogens with one attached hydrogen (secondary N) is 1. The van der Waals surface area contributed by atoms with Gasteiger partial charge in [-0.05, 0) is 47.9 Å². The van der Waals surface area contributed by atoms with Crippen molar-refractivity contribution in [3.63, 3.8) is 0 Å². The van der Waals surface area contributed by atoms with Crippen molar-refractivity contribution in [2.45, 2.75) is 24.8 Å². The van der Waals surface area contributed by atoms with Crippen LogP contribution < -0.4 is 10.3 Å². The van der Waals surface area contributed by atoms with Gasteiger partial charge in [-0.15, -0.1) is 0 Å². The molecule has 0 atom stereocenters. The number of aromatic nitrogens is 1. The van der Waals surface area contributed by atoms with Crippen molar-refractivity contribution < 1.29 is 8.42 Å². The minimum atomic E-state index is -3.62. The number of anilines is 1. The molecule has 0 amide bonds. The molecule has 134 valence electrons. The molecule has 0 aliphatic carbocycles. The van der Waals surface area contributed by atoms with E-state index in [4.69, 9.17) is 0 Å². The lowest BCUT2D eigenvalue weighted by Crippen LogP contribution is -2.18. The minimum Gasteiger partial charge on any atom is -0.311 e. The van der Waals surface area contributed by atoms with Gasteiger partial charge in [-0.2, -0.15) is 0 Å². The maximum Gasteiger partial charge on any atom is 0.261 e. The van der Waals surface area contributed by atoms with E-state index in [1.54, 1.807) is 59.3 Å². The van der Waals surface area contributed by atoms with Crippen LogP contribution in [0.5, 0.6) is 0 Å². The number of aryl methyl sites for hydroxylation is 1. The molecule has 26 heavy (non-hydrogen) atoms. The fourth-order valence-corrected chi connectivity index (χ4v) is 3.64. The summed E-state index contributed by atoms with van der Waals surface area (Å²) < 4.78 is 29.1. The lowest BCUT2D eigenvalue weighted by molar-refractivity contribution is 0.601. The molecule has 0 aliphatic heterocycles. The Hall–Kier alpha value is -2.86. The van der Waals surface area contributed by atoms with Crippen LogP contribution in [0.2, 0.25) is 0 Å². The van der Waals surface area contributed by atoms with Crippen LogP contribution >= 0.6 is 0 Å². The van der Waals surface area contributed by atoms with E-state index in [1.807, 2.05) is 19.1 Å². The van der Waals surface area contributed by atoms with Gasteiger partial charge in [0.05, 0.1) is 11.4 Å². The second-order valence-electron chi connectivity index (χ2n) is 5.97. The zero-order chi connectivity index (χ0) is 18.6. The Kier molecular flexibility index (Phi) is 5.23. The third-order valence-corrected chi connectivity index (χ3v) is 5.50.